The first-order valence-corrected chi connectivity index (χ1v) is 16.8. The van der Waals surface area contributed by atoms with Crippen LogP contribution in [-0.2, 0) is 17.1 Å². The molecule has 2 unspecified atom stereocenters. The van der Waals surface area contributed by atoms with Crippen LogP contribution in [0.3, 0.4) is 0 Å². The van der Waals surface area contributed by atoms with Crippen molar-refractivity contribution in [3.05, 3.63) is 119 Å². The molecular weight excluding hydrogens is 696 g/mol. The van der Waals surface area contributed by atoms with Gasteiger partial charge < -0.3 is 9.80 Å². The van der Waals surface area contributed by atoms with Crippen molar-refractivity contribution < 1.29 is 39.9 Å². The summed E-state index contributed by atoms with van der Waals surface area (Å²) in [5.74, 6) is -2.17. The molecule has 0 saturated carbocycles. The Labute approximate surface area is 295 Å². The van der Waals surface area contributed by atoms with Gasteiger partial charge in [0.15, 0.2) is 0 Å². The summed E-state index contributed by atoms with van der Waals surface area (Å²) in [5.41, 5.74) is -0.410. The maximum absolute atomic E-state index is 14.7. The second kappa shape index (κ2) is 15.5. The Bertz CT molecular complexity index is 1670. The second-order valence-electron chi connectivity index (χ2n) is 13.0. The van der Waals surface area contributed by atoms with E-state index in [1.807, 2.05) is 9.80 Å². The number of piperazine rings is 2. The molecule has 2 aliphatic rings. The molecule has 0 spiro atoms. The zero-order valence-corrected chi connectivity index (χ0v) is 27.9. The van der Waals surface area contributed by atoms with E-state index in [2.05, 4.69) is 9.97 Å². The molecule has 2 aliphatic heterocycles. The zero-order valence-electron chi connectivity index (χ0n) is 27.9. The number of benzene rings is 2. The normalized spacial score (nSPS) is 17.6. The molecule has 2 aromatic carbocycles. The van der Waals surface area contributed by atoms with Gasteiger partial charge in [-0.2, -0.15) is 26.3 Å². The van der Waals surface area contributed by atoms with Crippen LogP contribution >= 0.6 is 0 Å². The molecule has 0 aliphatic carbocycles. The topological polar surface area (TPSA) is 55.8 Å². The van der Waals surface area contributed by atoms with Gasteiger partial charge in [-0.3, -0.25) is 14.6 Å². The minimum absolute atomic E-state index is 0.179. The van der Waals surface area contributed by atoms with E-state index in [1.165, 1.54) is 24.3 Å². The highest BCUT2D eigenvalue weighted by atomic mass is 19.4. The van der Waals surface area contributed by atoms with Gasteiger partial charge in [-0.1, -0.05) is 24.3 Å². The van der Waals surface area contributed by atoms with Crippen LogP contribution in [0.2, 0.25) is 0 Å². The first-order chi connectivity index (χ1) is 24.7. The van der Waals surface area contributed by atoms with Crippen molar-refractivity contribution in [2.24, 2.45) is 0 Å². The molecule has 0 radical (unpaired) electrons. The Kier molecular flexibility index (Phi) is 11.1. The van der Waals surface area contributed by atoms with Crippen LogP contribution in [0.1, 0.15) is 34.1 Å². The number of rotatable bonds is 10. The Morgan fingerprint density at radius 2 is 0.904 bits per heavy atom. The highest BCUT2D eigenvalue weighted by Gasteiger charge is 2.36. The van der Waals surface area contributed by atoms with Gasteiger partial charge in [0, 0.05) is 77.8 Å². The molecule has 7 nitrogen and oxygen atoms in total. The molecule has 6 rings (SSSR count). The number of Topliss-reactive ketones (excluding diaryl/α,β-unsaturated/α-hetero) is 1. The predicted octanol–water partition coefficient (Wildman–Crippen LogP) is 6.87. The number of alkyl halides is 6. The molecule has 0 N–H and O–H groups in total. The molecule has 2 atom stereocenters. The van der Waals surface area contributed by atoms with Crippen LogP contribution in [-0.4, -0.2) is 91.0 Å². The van der Waals surface area contributed by atoms with E-state index in [0.717, 1.165) is 36.7 Å². The summed E-state index contributed by atoms with van der Waals surface area (Å²) in [4.78, 5) is 30.6. The summed E-state index contributed by atoms with van der Waals surface area (Å²) in [5, 5.41) is 0. The van der Waals surface area contributed by atoms with Crippen LogP contribution in [0.15, 0.2) is 85.2 Å². The average Bonchev–Trinajstić information content (AvgIpc) is 3.13. The minimum atomic E-state index is -4.50. The molecule has 4 heterocycles. The number of hydrogen-bond acceptors (Lipinski definition) is 7. The van der Waals surface area contributed by atoms with Crippen molar-refractivity contribution in [3.8, 4) is 0 Å². The number of carbonyl (C=O) groups is 1. The van der Waals surface area contributed by atoms with E-state index < -0.39 is 46.9 Å². The van der Waals surface area contributed by atoms with Crippen molar-refractivity contribution in [1.29, 1.82) is 0 Å². The Morgan fingerprint density at radius 3 is 1.23 bits per heavy atom. The van der Waals surface area contributed by atoms with Crippen LogP contribution in [0.4, 0.5) is 46.8 Å². The summed E-state index contributed by atoms with van der Waals surface area (Å²) in [6, 6.07) is 15.2. The molecule has 0 bridgehead atoms. The van der Waals surface area contributed by atoms with Crippen LogP contribution < -0.4 is 9.80 Å². The molecule has 2 fully saturated rings. The number of carbonyl (C=O) groups excluding carboxylic acids is 1. The fraction of sp³-hybridized carbons (Fsp3) is 0.378. The largest absolute Gasteiger partial charge is 0.416 e. The smallest absolute Gasteiger partial charge is 0.354 e. The molecule has 15 heteroatoms. The Balaban J connectivity index is 1.19. The van der Waals surface area contributed by atoms with Crippen molar-refractivity contribution >= 4 is 17.4 Å². The molecule has 2 saturated heterocycles. The van der Waals surface area contributed by atoms with Crippen molar-refractivity contribution in [2.45, 2.75) is 24.2 Å². The summed E-state index contributed by atoms with van der Waals surface area (Å²) in [6.45, 7) is 3.67. The lowest BCUT2D eigenvalue weighted by atomic mass is 9.82. The maximum Gasteiger partial charge on any atom is 0.416 e. The number of hydrogen-bond donors (Lipinski definition) is 0. The van der Waals surface area contributed by atoms with Crippen molar-refractivity contribution in [1.82, 2.24) is 19.8 Å². The number of pyridine rings is 2. The minimum Gasteiger partial charge on any atom is -0.354 e. The highest BCUT2D eigenvalue weighted by Crippen LogP contribution is 2.34. The summed E-state index contributed by atoms with van der Waals surface area (Å²) >= 11 is 0. The van der Waals surface area contributed by atoms with Gasteiger partial charge in [-0.15, -0.1) is 0 Å². The molecule has 0 amide bonds. The van der Waals surface area contributed by atoms with Gasteiger partial charge in [0.05, 0.1) is 23.0 Å². The van der Waals surface area contributed by atoms with E-state index >= 15 is 0 Å². The van der Waals surface area contributed by atoms with E-state index in [1.54, 1.807) is 34.1 Å². The lowest BCUT2D eigenvalue weighted by Crippen LogP contribution is -2.50. The van der Waals surface area contributed by atoms with Crippen LogP contribution in [0, 0.1) is 11.6 Å². The third kappa shape index (κ3) is 9.05. The number of halogens is 8. The van der Waals surface area contributed by atoms with Crippen molar-refractivity contribution in [2.75, 3.05) is 75.2 Å². The standard InChI is InChI=1S/C37H36F8N6O/c38-29-5-1-25(2-6-29)31(23-48-13-17-50(18-14-48)33-21-27(9-11-46-33)36(40,41)42)35(52)32(26-3-7-30(39)8-4-26)24-49-15-19-51(20-16-49)34-22-28(10-12-47-34)37(43,44)45/h1-12,21-22,31-32H,13-20,23-24H2. The number of ketones is 1. The van der Waals surface area contributed by atoms with E-state index in [-0.39, 0.29) is 30.5 Å². The van der Waals surface area contributed by atoms with Gasteiger partial charge in [0.25, 0.3) is 0 Å². The van der Waals surface area contributed by atoms with Crippen LogP contribution in [0.25, 0.3) is 0 Å². The van der Waals surface area contributed by atoms with Gasteiger partial charge in [-0.05, 0) is 59.7 Å². The SMILES string of the molecule is O=C(C(CN1CCN(c2cc(C(F)(F)F)ccn2)CC1)c1ccc(F)cc1)C(CN1CCN(c2cc(C(F)(F)F)ccn2)CC1)c1ccc(F)cc1. The van der Waals surface area contributed by atoms with Gasteiger partial charge in [0.2, 0.25) is 0 Å². The average molecular weight is 733 g/mol. The fourth-order valence-corrected chi connectivity index (χ4v) is 6.72. The number of aromatic nitrogens is 2. The van der Waals surface area contributed by atoms with Crippen LogP contribution in [0.5, 0.6) is 0 Å². The van der Waals surface area contributed by atoms with Gasteiger partial charge in [-0.25, -0.2) is 18.7 Å². The third-order valence-corrected chi connectivity index (χ3v) is 9.65. The lowest BCUT2D eigenvalue weighted by molar-refractivity contribution is -0.138. The van der Waals surface area contributed by atoms with E-state index in [0.29, 0.717) is 63.5 Å². The first kappa shape index (κ1) is 37.1. The Hall–Kier alpha value is -4.63. The molecule has 4 aromatic rings. The van der Waals surface area contributed by atoms with E-state index in [9.17, 15) is 39.9 Å². The number of anilines is 2. The maximum atomic E-state index is 14.7. The molecule has 2 aromatic heterocycles. The number of nitrogens with zero attached hydrogens (tertiary/aromatic N) is 6. The Morgan fingerprint density at radius 1 is 0.558 bits per heavy atom. The predicted molar refractivity (Wildman–Crippen MR) is 179 cm³/mol. The van der Waals surface area contributed by atoms with Crippen molar-refractivity contribution in [3.63, 3.8) is 0 Å². The molecular formula is C37H36F8N6O. The van der Waals surface area contributed by atoms with Gasteiger partial charge in [0.1, 0.15) is 29.1 Å². The molecule has 52 heavy (non-hydrogen) atoms. The summed E-state index contributed by atoms with van der Waals surface area (Å²) < 4.78 is 108. The quantitative estimate of drug-likeness (QED) is 0.165. The lowest BCUT2D eigenvalue weighted by Gasteiger charge is -2.39. The summed E-state index contributed by atoms with van der Waals surface area (Å²) in [6.07, 6.45) is -6.75. The third-order valence-electron chi connectivity index (χ3n) is 9.65. The summed E-state index contributed by atoms with van der Waals surface area (Å²) in [7, 11) is 0. The highest BCUT2D eigenvalue weighted by molar-refractivity contribution is 5.92. The van der Waals surface area contributed by atoms with E-state index in [4.69, 9.17) is 0 Å². The first-order valence-electron chi connectivity index (χ1n) is 16.8. The van der Waals surface area contributed by atoms with Gasteiger partial charge >= 0.3 is 12.4 Å². The molecule has 276 valence electrons. The second-order valence-corrected chi connectivity index (χ2v) is 13.0. The zero-order chi connectivity index (χ0) is 37.0. The monoisotopic (exact) mass is 732 g/mol. The fourth-order valence-electron chi connectivity index (χ4n) is 6.72.